The maximum atomic E-state index is 13.0. The molecule has 0 aliphatic rings. The molecular formula is C13H15F3N2. The van der Waals surface area contributed by atoms with E-state index >= 15 is 0 Å². The minimum absolute atomic E-state index is 0.322. The van der Waals surface area contributed by atoms with Gasteiger partial charge in [0.2, 0.25) is 0 Å². The highest BCUT2D eigenvalue weighted by Crippen LogP contribution is 2.36. The molecule has 0 atom stereocenters. The molecular weight excluding hydrogens is 241 g/mol. The minimum Gasteiger partial charge on any atom is -0.351 e. The zero-order valence-electron chi connectivity index (χ0n) is 10.1. The molecule has 98 valence electrons. The van der Waals surface area contributed by atoms with Crippen molar-refractivity contribution in [1.29, 1.82) is 0 Å². The molecule has 0 aliphatic carbocycles. The minimum atomic E-state index is -4.35. The van der Waals surface area contributed by atoms with Crippen LogP contribution in [0, 0.1) is 6.92 Å². The maximum absolute atomic E-state index is 13.0. The lowest BCUT2D eigenvalue weighted by molar-refractivity contribution is -0.141. The van der Waals surface area contributed by atoms with E-state index in [0.717, 1.165) is 5.56 Å². The summed E-state index contributed by atoms with van der Waals surface area (Å²) < 4.78 is 38.9. The lowest BCUT2D eigenvalue weighted by Gasteiger charge is -2.07. The third-order valence-electron chi connectivity index (χ3n) is 2.98. The van der Waals surface area contributed by atoms with Crippen LogP contribution in [-0.4, -0.2) is 11.5 Å². The van der Waals surface area contributed by atoms with Gasteiger partial charge in [-0.25, -0.2) is 0 Å². The molecule has 0 spiro atoms. The average molecular weight is 256 g/mol. The predicted molar refractivity (Wildman–Crippen MR) is 65.4 cm³/mol. The Morgan fingerprint density at radius 2 is 2.00 bits per heavy atom. The molecule has 0 unspecified atom stereocenters. The molecule has 2 aromatic rings. The van der Waals surface area contributed by atoms with Crippen molar-refractivity contribution in [3.8, 4) is 0 Å². The lowest BCUT2D eigenvalue weighted by Crippen LogP contribution is -2.10. The molecule has 0 radical (unpaired) electrons. The summed E-state index contributed by atoms with van der Waals surface area (Å²) in [6.45, 7) is 2.24. The highest BCUT2D eigenvalue weighted by atomic mass is 19.4. The molecule has 0 saturated heterocycles. The Bertz CT molecular complexity index is 555. The molecule has 5 heteroatoms. The first-order valence-corrected chi connectivity index (χ1v) is 5.82. The molecule has 2 rings (SSSR count). The van der Waals surface area contributed by atoms with E-state index in [1.807, 2.05) is 13.0 Å². The summed E-state index contributed by atoms with van der Waals surface area (Å²) in [5.41, 5.74) is 6.53. The molecule has 0 amide bonds. The van der Waals surface area contributed by atoms with Crippen molar-refractivity contribution >= 4 is 10.9 Å². The van der Waals surface area contributed by atoms with Crippen LogP contribution in [0.5, 0.6) is 0 Å². The number of benzene rings is 1. The summed E-state index contributed by atoms with van der Waals surface area (Å²) in [5, 5.41) is 0.640. The maximum Gasteiger partial charge on any atom is 0.431 e. The standard InChI is InChI=1S/C13H15F3N2/c1-8-4-5-9-10(3-2-6-17)12(13(14,15)16)18-11(9)7-8/h4-5,7,18H,2-3,6,17H2,1H3. The number of alkyl halides is 3. The normalized spacial score (nSPS) is 12.3. The van der Waals surface area contributed by atoms with Gasteiger partial charge in [-0.05, 0) is 43.5 Å². The van der Waals surface area contributed by atoms with Crippen LogP contribution in [0.2, 0.25) is 0 Å². The van der Waals surface area contributed by atoms with Gasteiger partial charge in [0.1, 0.15) is 5.69 Å². The Balaban J connectivity index is 2.60. The van der Waals surface area contributed by atoms with Gasteiger partial charge in [-0.15, -0.1) is 0 Å². The fourth-order valence-corrected chi connectivity index (χ4v) is 2.15. The second-order valence-electron chi connectivity index (χ2n) is 4.42. The molecule has 0 aliphatic heterocycles. The molecule has 1 heterocycles. The second kappa shape index (κ2) is 4.65. The van der Waals surface area contributed by atoms with E-state index in [4.69, 9.17) is 5.73 Å². The largest absolute Gasteiger partial charge is 0.431 e. The van der Waals surface area contributed by atoms with Crippen molar-refractivity contribution in [3.05, 3.63) is 35.0 Å². The monoisotopic (exact) mass is 256 g/mol. The Morgan fingerprint density at radius 3 is 2.61 bits per heavy atom. The Hall–Kier alpha value is -1.49. The van der Waals surface area contributed by atoms with Crippen molar-refractivity contribution in [2.45, 2.75) is 25.9 Å². The predicted octanol–water partition coefficient (Wildman–Crippen LogP) is 3.39. The fraction of sp³-hybridized carbons (Fsp3) is 0.385. The van der Waals surface area contributed by atoms with Gasteiger partial charge < -0.3 is 10.7 Å². The number of aromatic nitrogens is 1. The van der Waals surface area contributed by atoms with E-state index < -0.39 is 11.9 Å². The highest BCUT2D eigenvalue weighted by molar-refractivity contribution is 5.85. The molecule has 1 aromatic carbocycles. The smallest absolute Gasteiger partial charge is 0.351 e. The molecule has 0 saturated carbocycles. The number of nitrogens with two attached hydrogens (primary N) is 1. The zero-order chi connectivity index (χ0) is 13.3. The Labute approximate surface area is 103 Å². The second-order valence-corrected chi connectivity index (χ2v) is 4.42. The zero-order valence-corrected chi connectivity index (χ0v) is 10.1. The van der Waals surface area contributed by atoms with Gasteiger partial charge in [0.25, 0.3) is 0 Å². The molecule has 3 N–H and O–H groups in total. The van der Waals surface area contributed by atoms with Crippen LogP contribution in [0.25, 0.3) is 10.9 Å². The summed E-state index contributed by atoms with van der Waals surface area (Å²) in [5.74, 6) is 0. The number of rotatable bonds is 3. The van der Waals surface area contributed by atoms with Crippen LogP contribution in [0.4, 0.5) is 13.2 Å². The summed E-state index contributed by atoms with van der Waals surface area (Å²) in [6.07, 6.45) is -3.46. The highest BCUT2D eigenvalue weighted by Gasteiger charge is 2.35. The van der Waals surface area contributed by atoms with E-state index in [2.05, 4.69) is 4.98 Å². The van der Waals surface area contributed by atoms with E-state index in [1.165, 1.54) is 0 Å². The number of hydrogen-bond donors (Lipinski definition) is 2. The Kier molecular flexibility index (Phi) is 3.34. The number of nitrogens with one attached hydrogen (secondary N) is 1. The SMILES string of the molecule is Cc1ccc2c(CCCN)c(C(F)(F)F)[nH]c2c1. The van der Waals surface area contributed by atoms with Crippen molar-refractivity contribution in [2.24, 2.45) is 5.73 Å². The molecule has 18 heavy (non-hydrogen) atoms. The number of aromatic amines is 1. The number of hydrogen-bond acceptors (Lipinski definition) is 1. The van der Waals surface area contributed by atoms with Gasteiger partial charge >= 0.3 is 6.18 Å². The molecule has 0 bridgehead atoms. The number of fused-ring (bicyclic) bond motifs is 1. The summed E-state index contributed by atoms with van der Waals surface area (Å²) in [6, 6.07) is 5.29. The summed E-state index contributed by atoms with van der Waals surface area (Å²) in [7, 11) is 0. The first-order valence-electron chi connectivity index (χ1n) is 5.82. The summed E-state index contributed by atoms with van der Waals surface area (Å²) in [4.78, 5) is 2.49. The topological polar surface area (TPSA) is 41.8 Å². The third kappa shape index (κ3) is 2.36. The van der Waals surface area contributed by atoms with Crippen LogP contribution in [-0.2, 0) is 12.6 Å². The van der Waals surface area contributed by atoms with E-state index in [0.29, 0.717) is 35.9 Å². The number of aryl methyl sites for hydroxylation is 2. The first kappa shape index (κ1) is 13.0. The fourth-order valence-electron chi connectivity index (χ4n) is 2.15. The van der Waals surface area contributed by atoms with Crippen LogP contribution >= 0.6 is 0 Å². The third-order valence-corrected chi connectivity index (χ3v) is 2.98. The molecule has 2 nitrogen and oxygen atoms in total. The first-order chi connectivity index (χ1) is 8.43. The summed E-state index contributed by atoms with van der Waals surface area (Å²) >= 11 is 0. The van der Waals surface area contributed by atoms with Gasteiger partial charge in [0.15, 0.2) is 0 Å². The lowest BCUT2D eigenvalue weighted by atomic mass is 10.0. The van der Waals surface area contributed by atoms with Crippen LogP contribution in [0.15, 0.2) is 18.2 Å². The van der Waals surface area contributed by atoms with Crippen molar-refractivity contribution in [3.63, 3.8) is 0 Å². The van der Waals surface area contributed by atoms with Crippen molar-refractivity contribution in [2.75, 3.05) is 6.54 Å². The quantitative estimate of drug-likeness (QED) is 0.868. The van der Waals surface area contributed by atoms with E-state index in [9.17, 15) is 13.2 Å². The molecule has 0 fully saturated rings. The van der Waals surface area contributed by atoms with Crippen molar-refractivity contribution < 1.29 is 13.2 Å². The number of H-pyrrole nitrogens is 1. The van der Waals surface area contributed by atoms with E-state index in [-0.39, 0.29) is 0 Å². The van der Waals surface area contributed by atoms with Gasteiger partial charge in [-0.2, -0.15) is 13.2 Å². The van der Waals surface area contributed by atoms with Crippen molar-refractivity contribution in [1.82, 2.24) is 4.98 Å². The Morgan fingerprint density at radius 1 is 1.28 bits per heavy atom. The van der Waals surface area contributed by atoms with Crippen LogP contribution < -0.4 is 5.73 Å². The average Bonchev–Trinajstić information content (AvgIpc) is 2.63. The van der Waals surface area contributed by atoms with Gasteiger partial charge in [-0.1, -0.05) is 12.1 Å². The van der Waals surface area contributed by atoms with Crippen LogP contribution in [0.3, 0.4) is 0 Å². The molecule has 1 aromatic heterocycles. The van der Waals surface area contributed by atoms with Crippen LogP contribution in [0.1, 0.15) is 23.2 Å². The van der Waals surface area contributed by atoms with E-state index in [1.54, 1.807) is 12.1 Å². The van der Waals surface area contributed by atoms with Gasteiger partial charge in [0.05, 0.1) is 0 Å². The van der Waals surface area contributed by atoms with Gasteiger partial charge in [0, 0.05) is 10.9 Å². The van der Waals surface area contributed by atoms with Gasteiger partial charge in [-0.3, -0.25) is 0 Å². The number of halogens is 3.